The van der Waals surface area contributed by atoms with Gasteiger partial charge in [0.2, 0.25) is 0 Å². The van der Waals surface area contributed by atoms with Crippen molar-refractivity contribution in [2.45, 2.75) is 19.8 Å². The lowest BCUT2D eigenvalue weighted by Crippen LogP contribution is -2.20. The number of halogens is 1. The molecule has 1 aromatic carbocycles. The number of fused-ring (bicyclic) bond motifs is 1. The second-order valence-electron chi connectivity index (χ2n) is 4.40. The molecule has 1 aromatic heterocycles. The molecule has 0 aliphatic heterocycles. The molecule has 0 amide bonds. The van der Waals surface area contributed by atoms with Gasteiger partial charge >= 0.3 is 0 Å². The highest BCUT2D eigenvalue weighted by Gasteiger charge is 2.03. The molecule has 0 fully saturated rings. The number of rotatable bonds is 8. The third-order valence-corrected chi connectivity index (χ3v) is 2.88. The number of hydrogen-bond acceptors (Lipinski definition) is 3. The Morgan fingerprint density at radius 2 is 2.26 bits per heavy atom. The number of benzene rings is 1. The Hall–Kier alpha value is -1.46. The normalized spacial score (nSPS) is 11.3. The first-order chi connectivity index (χ1) is 9.29. The van der Waals surface area contributed by atoms with Crippen molar-refractivity contribution in [3.05, 3.63) is 29.8 Å². The molecule has 19 heavy (non-hydrogen) atoms. The first-order valence-corrected chi connectivity index (χ1v) is 6.72. The number of ether oxygens (including phenoxy) is 1. The Morgan fingerprint density at radius 1 is 1.37 bits per heavy atom. The van der Waals surface area contributed by atoms with Crippen LogP contribution in [0.3, 0.4) is 0 Å². The molecule has 0 atom stereocenters. The molecule has 2 N–H and O–H groups in total. The van der Waals surface area contributed by atoms with Crippen LogP contribution >= 0.6 is 0 Å². The van der Waals surface area contributed by atoms with Gasteiger partial charge < -0.3 is 15.0 Å². The van der Waals surface area contributed by atoms with E-state index in [1.807, 2.05) is 6.92 Å². The molecule has 0 spiro atoms. The van der Waals surface area contributed by atoms with E-state index in [4.69, 9.17) is 4.74 Å². The van der Waals surface area contributed by atoms with Crippen LogP contribution in [-0.4, -0.2) is 36.3 Å². The first-order valence-electron chi connectivity index (χ1n) is 6.72. The van der Waals surface area contributed by atoms with E-state index in [0.717, 1.165) is 56.0 Å². The standard InChI is InChI=1S/C14H20FN3O/c1-2-19-9-3-7-16-8-6-14-17-12-5-4-11(15)10-13(12)18-14/h4-5,10,16H,2-3,6-9H2,1H3,(H,17,18). The molecule has 1 heterocycles. The predicted octanol–water partition coefficient (Wildman–Crippen LogP) is 2.26. The maximum absolute atomic E-state index is 13.0. The van der Waals surface area contributed by atoms with E-state index in [1.165, 1.54) is 12.1 Å². The number of nitrogens with zero attached hydrogens (tertiary/aromatic N) is 1. The molecular formula is C14H20FN3O. The minimum Gasteiger partial charge on any atom is -0.382 e. The highest BCUT2D eigenvalue weighted by atomic mass is 19.1. The molecule has 0 aliphatic rings. The zero-order valence-electron chi connectivity index (χ0n) is 11.2. The van der Waals surface area contributed by atoms with Crippen LogP contribution in [0, 0.1) is 5.82 Å². The fraction of sp³-hybridized carbons (Fsp3) is 0.500. The van der Waals surface area contributed by atoms with E-state index in [9.17, 15) is 4.39 Å². The van der Waals surface area contributed by atoms with Gasteiger partial charge in [-0.1, -0.05) is 0 Å². The fourth-order valence-electron chi connectivity index (χ4n) is 1.93. The highest BCUT2D eigenvalue weighted by molar-refractivity contribution is 5.74. The molecule has 2 aromatic rings. The lowest BCUT2D eigenvalue weighted by Gasteiger charge is -2.03. The van der Waals surface area contributed by atoms with E-state index in [0.29, 0.717) is 0 Å². The van der Waals surface area contributed by atoms with Crippen LogP contribution in [0.4, 0.5) is 4.39 Å². The monoisotopic (exact) mass is 265 g/mol. The Morgan fingerprint density at radius 3 is 3.11 bits per heavy atom. The lowest BCUT2D eigenvalue weighted by atomic mass is 10.3. The molecule has 104 valence electrons. The van der Waals surface area contributed by atoms with Crippen molar-refractivity contribution in [3.63, 3.8) is 0 Å². The SMILES string of the molecule is CCOCCCNCCc1nc2ccc(F)cc2[nH]1. The topological polar surface area (TPSA) is 49.9 Å². The largest absolute Gasteiger partial charge is 0.382 e. The summed E-state index contributed by atoms with van der Waals surface area (Å²) >= 11 is 0. The summed E-state index contributed by atoms with van der Waals surface area (Å²) in [5.41, 5.74) is 1.57. The average Bonchev–Trinajstić information content (AvgIpc) is 2.79. The van der Waals surface area contributed by atoms with E-state index < -0.39 is 0 Å². The van der Waals surface area contributed by atoms with Crippen LogP contribution in [0.5, 0.6) is 0 Å². The fourth-order valence-corrected chi connectivity index (χ4v) is 1.93. The summed E-state index contributed by atoms with van der Waals surface area (Å²) in [6, 6.07) is 4.60. The van der Waals surface area contributed by atoms with Gasteiger partial charge in [-0.25, -0.2) is 9.37 Å². The van der Waals surface area contributed by atoms with Crippen LogP contribution in [0.15, 0.2) is 18.2 Å². The number of aromatic nitrogens is 2. The van der Waals surface area contributed by atoms with Crippen molar-refractivity contribution in [1.29, 1.82) is 0 Å². The quantitative estimate of drug-likeness (QED) is 0.720. The molecular weight excluding hydrogens is 245 g/mol. The van der Waals surface area contributed by atoms with E-state index >= 15 is 0 Å². The van der Waals surface area contributed by atoms with Crippen molar-refractivity contribution < 1.29 is 9.13 Å². The highest BCUT2D eigenvalue weighted by Crippen LogP contribution is 2.12. The summed E-state index contributed by atoms with van der Waals surface area (Å²) in [5.74, 6) is 0.648. The molecule has 4 nitrogen and oxygen atoms in total. The zero-order chi connectivity index (χ0) is 13.5. The number of nitrogens with one attached hydrogen (secondary N) is 2. The Balaban J connectivity index is 1.72. The second-order valence-corrected chi connectivity index (χ2v) is 4.40. The van der Waals surface area contributed by atoms with Gasteiger partial charge in [0.1, 0.15) is 11.6 Å². The van der Waals surface area contributed by atoms with Gasteiger partial charge in [0.25, 0.3) is 0 Å². The Labute approximate surface area is 112 Å². The number of hydrogen-bond donors (Lipinski definition) is 2. The Kier molecular flexibility index (Phi) is 5.30. The van der Waals surface area contributed by atoms with Gasteiger partial charge in [0.15, 0.2) is 0 Å². The third kappa shape index (κ3) is 4.29. The molecule has 0 unspecified atom stereocenters. The van der Waals surface area contributed by atoms with Gasteiger partial charge in [0, 0.05) is 26.2 Å². The van der Waals surface area contributed by atoms with Crippen molar-refractivity contribution in [1.82, 2.24) is 15.3 Å². The van der Waals surface area contributed by atoms with E-state index in [2.05, 4.69) is 15.3 Å². The van der Waals surface area contributed by atoms with Crippen molar-refractivity contribution in [2.24, 2.45) is 0 Å². The van der Waals surface area contributed by atoms with E-state index in [1.54, 1.807) is 6.07 Å². The molecule has 0 saturated carbocycles. The number of imidazole rings is 1. The molecule has 0 bridgehead atoms. The molecule has 2 rings (SSSR count). The molecule has 5 heteroatoms. The summed E-state index contributed by atoms with van der Waals surface area (Å²) in [7, 11) is 0. The predicted molar refractivity (Wildman–Crippen MR) is 73.7 cm³/mol. The minimum atomic E-state index is -0.239. The summed E-state index contributed by atoms with van der Waals surface area (Å²) in [6.07, 6.45) is 1.82. The van der Waals surface area contributed by atoms with Crippen LogP contribution in [-0.2, 0) is 11.2 Å². The van der Waals surface area contributed by atoms with Gasteiger partial charge in [-0.05, 0) is 38.1 Å². The van der Waals surface area contributed by atoms with Crippen LogP contribution in [0.25, 0.3) is 11.0 Å². The summed E-state index contributed by atoms with van der Waals surface area (Å²) in [5, 5.41) is 3.33. The molecule has 0 saturated heterocycles. The van der Waals surface area contributed by atoms with Gasteiger partial charge in [-0.3, -0.25) is 0 Å². The Bertz CT molecular complexity index is 512. The maximum atomic E-state index is 13.0. The van der Waals surface area contributed by atoms with E-state index in [-0.39, 0.29) is 5.82 Å². The van der Waals surface area contributed by atoms with Gasteiger partial charge in [-0.15, -0.1) is 0 Å². The van der Waals surface area contributed by atoms with Crippen LogP contribution < -0.4 is 5.32 Å². The number of aromatic amines is 1. The molecule has 0 radical (unpaired) electrons. The minimum absolute atomic E-state index is 0.239. The average molecular weight is 265 g/mol. The molecule has 0 aliphatic carbocycles. The van der Waals surface area contributed by atoms with Crippen molar-refractivity contribution in [2.75, 3.05) is 26.3 Å². The van der Waals surface area contributed by atoms with Gasteiger partial charge in [0.05, 0.1) is 11.0 Å². The second kappa shape index (κ2) is 7.21. The summed E-state index contributed by atoms with van der Waals surface area (Å²) < 4.78 is 18.3. The zero-order valence-corrected chi connectivity index (χ0v) is 11.2. The smallest absolute Gasteiger partial charge is 0.125 e. The van der Waals surface area contributed by atoms with Crippen molar-refractivity contribution >= 4 is 11.0 Å². The first kappa shape index (κ1) is 14.0. The summed E-state index contributed by atoms with van der Waals surface area (Å²) in [6.45, 7) is 5.37. The lowest BCUT2D eigenvalue weighted by molar-refractivity contribution is 0.145. The van der Waals surface area contributed by atoms with Crippen molar-refractivity contribution in [3.8, 4) is 0 Å². The van der Waals surface area contributed by atoms with Gasteiger partial charge in [-0.2, -0.15) is 0 Å². The third-order valence-electron chi connectivity index (χ3n) is 2.88. The maximum Gasteiger partial charge on any atom is 0.125 e. The van der Waals surface area contributed by atoms with Crippen LogP contribution in [0.2, 0.25) is 0 Å². The number of H-pyrrole nitrogens is 1. The van der Waals surface area contributed by atoms with Crippen LogP contribution in [0.1, 0.15) is 19.2 Å². The summed E-state index contributed by atoms with van der Waals surface area (Å²) in [4.78, 5) is 7.55.